The number of benzene rings is 1. The maximum absolute atomic E-state index is 12.6. The number of nitro groups is 1. The Labute approximate surface area is 93.2 Å². The fraction of sp³-hybridized carbons (Fsp3) is 0.222. The molecule has 17 heavy (non-hydrogen) atoms. The lowest BCUT2D eigenvalue weighted by molar-refractivity contribution is -0.386. The van der Waals surface area contributed by atoms with Gasteiger partial charge in [-0.1, -0.05) is 0 Å². The highest BCUT2D eigenvalue weighted by Gasteiger charge is 2.38. The van der Waals surface area contributed by atoms with Crippen LogP contribution in [-0.4, -0.2) is 12.0 Å². The zero-order valence-corrected chi connectivity index (χ0v) is 8.41. The van der Waals surface area contributed by atoms with Crippen molar-refractivity contribution in [2.75, 3.05) is 7.11 Å². The molecule has 1 aromatic rings. The van der Waals surface area contributed by atoms with E-state index in [2.05, 4.69) is 4.74 Å². The van der Waals surface area contributed by atoms with Gasteiger partial charge in [-0.25, -0.2) is 0 Å². The minimum atomic E-state index is -4.83. The molecule has 5 nitrogen and oxygen atoms in total. The summed E-state index contributed by atoms with van der Waals surface area (Å²) in [7, 11) is 0.892. The second kappa shape index (κ2) is 4.29. The highest BCUT2D eigenvalue weighted by molar-refractivity contribution is 5.57. The Morgan fingerprint density at radius 1 is 1.47 bits per heavy atom. The van der Waals surface area contributed by atoms with Crippen molar-refractivity contribution in [2.45, 2.75) is 6.18 Å². The standard InChI is InChI=1S/C9H5F3N2O3/c1-17-8-6(9(10,11)12)2-5(4-13)3-7(8)14(15)16/h2-3H,1H3. The lowest BCUT2D eigenvalue weighted by atomic mass is 10.1. The molecule has 0 amide bonds. The second-order valence-corrected chi connectivity index (χ2v) is 2.94. The smallest absolute Gasteiger partial charge is 0.420 e. The van der Waals surface area contributed by atoms with E-state index in [4.69, 9.17) is 5.26 Å². The van der Waals surface area contributed by atoms with Crippen LogP contribution in [0.4, 0.5) is 18.9 Å². The zero-order chi connectivity index (χ0) is 13.2. The number of nitrogens with zero attached hydrogens (tertiary/aromatic N) is 2. The normalized spacial score (nSPS) is 10.8. The molecule has 0 heterocycles. The fourth-order valence-electron chi connectivity index (χ4n) is 1.24. The average Bonchev–Trinajstić information content (AvgIpc) is 2.25. The van der Waals surface area contributed by atoms with Crippen LogP contribution in [0.2, 0.25) is 0 Å². The van der Waals surface area contributed by atoms with Gasteiger partial charge in [-0.05, 0) is 6.07 Å². The second-order valence-electron chi connectivity index (χ2n) is 2.94. The van der Waals surface area contributed by atoms with Gasteiger partial charge >= 0.3 is 11.9 Å². The molecule has 0 fully saturated rings. The van der Waals surface area contributed by atoms with Crippen LogP contribution in [-0.2, 0) is 6.18 Å². The highest BCUT2D eigenvalue weighted by atomic mass is 19.4. The number of methoxy groups -OCH3 is 1. The Balaban J connectivity index is 3.64. The van der Waals surface area contributed by atoms with Crippen molar-refractivity contribution in [1.82, 2.24) is 0 Å². The van der Waals surface area contributed by atoms with Crippen molar-refractivity contribution in [2.24, 2.45) is 0 Å². The summed E-state index contributed by atoms with van der Waals surface area (Å²) in [6, 6.07) is 2.66. The van der Waals surface area contributed by atoms with Crippen LogP contribution < -0.4 is 4.74 Å². The van der Waals surface area contributed by atoms with Gasteiger partial charge < -0.3 is 4.74 Å². The van der Waals surface area contributed by atoms with Crippen LogP contribution >= 0.6 is 0 Å². The summed E-state index contributed by atoms with van der Waals surface area (Å²) in [5, 5.41) is 19.1. The van der Waals surface area contributed by atoms with E-state index >= 15 is 0 Å². The third-order valence-electron chi connectivity index (χ3n) is 1.90. The number of hydrogen-bond donors (Lipinski definition) is 0. The molecule has 0 atom stereocenters. The molecule has 1 aromatic carbocycles. The summed E-state index contributed by atoms with van der Waals surface area (Å²) in [5.74, 6) is -0.901. The van der Waals surface area contributed by atoms with E-state index in [0.717, 1.165) is 13.2 Å². The molecule has 90 valence electrons. The lowest BCUT2D eigenvalue weighted by Gasteiger charge is -2.11. The van der Waals surface area contributed by atoms with Crippen molar-refractivity contribution in [3.05, 3.63) is 33.4 Å². The van der Waals surface area contributed by atoms with Gasteiger partial charge in [0.1, 0.15) is 5.56 Å². The van der Waals surface area contributed by atoms with Crippen LogP contribution in [0.15, 0.2) is 12.1 Å². The average molecular weight is 246 g/mol. The number of ether oxygens (including phenoxy) is 1. The van der Waals surface area contributed by atoms with Crippen LogP contribution in [0, 0.1) is 21.4 Å². The van der Waals surface area contributed by atoms with Gasteiger partial charge in [-0.3, -0.25) is 10.1 Å². The van der Waals surface area contributed by atoms with E-state index < -0.39 is 33.7 Å². The first-order chi connectivity index (χ1) is 7.81. The molecule has 0 aliphatic rings. The number of rotatable bonds is 2. The number of nitriles is 1. The summed E-state index contributed by atoms with van der Waals surface area (Å²) >= 11 is 0. The lowest BCUT2D eigenvalue weighted by Crippen LogP contribution is -2.09. The van der Waals surface area contributed by atoms with Gasteiger partial charge in [0, 0.05) is 6.07 Å². The van der Waals surface area contributed by atoms with E-state index in [-0.39, 0.29) is 0 Å². The Hall–Kier alpha value is -2.30. The molecular formula is C9H5F3N2O3. The topological polar surface area (TPSA) is 76.2 Å². The summed E-state index contributed by atoms with van der Waals surface area (Å²) in [6.07, 6.45) is -4.83. The first-order valence-electron chi connectivity index (χ1n) is 4.15. The van der Waals surface area contributed by atoms with Crippen LogP contribution in [0.1, 0.15) is 11.1 Å². The maximum Gasteiger partial charge on any atom is 0.420 e. The van der Waals surface area contributed by atoms with E-state index in [1.165, 1.54) is 6.07 Å². The predicted octanol–water partition coefficient (Wildman–Crippen LogP) is 2.49. The van der Waals surface area contributed by atoms with Crippen molar-refractivity contribution in [3.8, 4) is 11.8 Å². The summed E-state index contributed by atoms with van der Waals surface area (Å²) in [5.41, 5.74) is -2.69. The van der Waals surface area contributed by atoms with Crippen LogP contribution in [0.25, 0.3) is 0 Å². The molecule has 0 bridgehead atoms. The molecule has 8 heteroatoms. The van der Waals surface area contributed by atoms with Crippen LogP contribution in [0.3, 0.4) is 0 Å². The monoisotopic (exact) mass is 246 g/mol. The number of nitro benzene ring substituents is 1. The van der Waals surface area contributed by atoms with Gasteiger partial charge in [0.2, 0.25) is 5.75 Å². The summed E-state index contributed by atoms with van der Waals surface area (Å²) < 4.78 is 42.1. The molecule has 0 N–H and O–H groups in total. The molecule has 0 aliphatic heterocycles. The third-order valence-corrected chi connectivity index (χ3v) is 1.90. The summed E-state index contributed by atoms with van der Waals surface area (Å²) in [4.78, 5) is 9.54. The molecular weight excluding hydrogens is 241 g/mol. The molecule has 0 saturated carbocycles. The maximum atomic E-state index is 12.6. The van der Waals surface area contributed by atoms with Crippen molar-refractivity contribution < 1.29 is 22.8 Å². The molecule has 0 aromatic heterocycles. The predicted molar refractivity (Wildman–Crippen MR) is 49.4 cm³/mol. The molecule has 1 rings (SSSR count). The quantitative estimate of drug-likeness (QED) is 0.593. The Bertz CT molecular complexity index is 505. The minimum Gasteiger partial charge on any atom is -0.490 e. The number of halogens is 3. The Kier molecular flexibility index (Phi) is 3.22. The number of alkyl halides is 3. The SMILES string of the molecule is COc1c([N+](=O)[O-])cc(C#N)cc1C(F)(F)F. The van der Waals surface area contributed by atoms with E-state index in [1.807, 2.05) is 0 Å². The first-order valence-corrected chi connectivity index (χ1v) is 4.15. The molecule has 0 unspecified atom stereocenters. The Morgan fingerprint density at radius 3 is 2.41 bits per heavy atom. The van der Waals surface area contributed by atoms with Gasteiger partial charge in [0.15, 0.2) is 0 Å². The highest BCUT2D eigenvalue weighted by Crippen LogP contribution is 2.41. The third kappa shape index (κ3) is 2.44. The van der Waals surface area contributed by atoms with Gasteiger partial charge in [-0.2, -0.15) is 18.4 Å². The van der Waals surface area contributed by atoms with E-state index in [1.54, 1.807) is 0 Å². The summed E-state index contributed by atoms with van der Waals surface area (Å²) in [6.45, 7) is 0. The van der Waals surface area contributed by atoms with Crippen molar-refractivity contribution in [1.29, 1.82) is 5.26 Å². The molecule has 0 saturated heterocycles. The van der Waals surface area contributed by atoms with Gasteiger partial charge in [-0.15, -0.1) is 0 Å². The molecule has 0 radical (unpaired) electrons. The minimum absolute atomic E-state index is 0.454. The van der Waals surface area contributed by atoms with Crippen molar-refractivity contribution >= 4 is 5.69 Å². The first kappa shape index (κ1) is 12.8. The number of hydrogen-bond acceptors (Lipinski definition) is 4. The Morgan fingerprint density at radius 2 is 2.06 bits per heavy atom. The zero-order valence-electron chi connectivity index (χ0n) is 8.41. The van der Waals surface area contributed by atoms with E-state index in [9.17, 15) is 23.3 Å². The van der Waals surface area contributed by atoms with Gasteiger partial charge in [0.05, 0.1) is 23.7 Å². The van der Waals surface area contributed by atoms with Gasteiger partial charge in [0.25, 0.3) is 0 Å². The van der Waals surface area contributed by atoms with Crippen molar-refractivity contribution in [3.63, 3.8) is 0 Å². The molecule has 0 spiro atoms. The largest absolute Gasteiger partial charge is 0.490 e. The molecule has 0 aliphatic carbocycles. The van der Waals surface area contributed by atoms with E-state index in [0.29, 0.717) is 6.07 Å². The van der Waals surface area contributed by atoms with Crippen LogP contribution in [0.5, 0.6) is 5.75 Å². The fourth-order valence-corrected chi connectivity index (χ4v) is 1.24.